The van der Waals surface area contributed by atoms with E-state index in [0.717, 1.165) is 5.39 Å². The van der Waals surface area contributed by atoms with E-state index < -0.39 is 0 Å². The highest BCUT2D eigenvalue weighted by molar-refractivity contribution is 14.1. The summed E-state index contributed by atoms with van der Waals surface area (Å²) in [4.78, 5) is 30.9. The molecule has 6 rings (SSSR count). The van der Waals surface area contributed by atoms with Crippen molar-refractivity contribution < 1.29 is 18.7 Å². The number of fused-ring (bicyclic) bond motifs is 2. The Morgan fingerprint density at radius 2 is 1.84 bits per heavy atom. The van der Waals surface area contributed by atoms with E-state index in [9.17, 15) is 9.59 Å². The average Bonchev–Trinajstić information content (AvgIpc) is 3.44. The molecule has 11 heteroatoms. The summed E-state index contributed by atoms with van der Waals surface area (Å²) in [5, 5.41) is 9.10. The first kappa shape index (κ1) is 29.4. The molecule has 0 radical (unpaired) electrons. The van der Waals surface area contributed by atoms with E-state index in [1.165, 1.54) is 10.9 Å². The second-order valence-electron chi connectivity index (χ2n) is 9.57. The van der Waals surface area contributed by atoms with Crippen molar-refractivity contribution in [2.24, 2.45) is 5.10 Å². The molecule has 0 unspecified atom stereocenters. The molecule has 0 aliphatic rings. The maximum Gasteiger partial charge on any atom is 0.282 e. The molecular formula is C33H24ClIN4O5. The summed E-state index contributed by atoms with van der Waals surface area (Å²) in [6.45, 7) is 2.02. The van der Waals surface area contributed by atoms with Crippen LogP contribution in [-0.4, -0.2) is 35.0 Å². The van der Waals surface area contributed by atoms with Gasteiger partial charge < -0.3 is 19.2 Å². The van der Waals surface area contributed by atoms with Crippen molar-refractivity contribution in [3.8, 4) is 23.1 Å². The molecule has 0 spiro atoms. The van der Waals surface area contributed by atoms with Crippen LogP contribution in [0.5, 0.6) is 11.5 Å². The highest BCUT2D eigenvalue weighted by Gasteiger charge is 2.18. The number of rotatable bonds is 9. The number of ether oxygens (including phenoxy) is 2. The first-order chi connectivity index (χ1) is 21.4. The molecule has 0 bridgehead atoms. The van der Waals surface area contributed by atoms with Gasteiger partial charge in [0.2, 0.25) is 5.82 Å². The van der Waals surface area contributed by atoms with E-state index in [-0.39, 0.29) is 23.9 Å². The molecule has 2 aromatic heterocycles. The van der Waals surface area contributed by atoms with Gasteiger partial charge in [0.25, 0.3) is 11.5 Å². The van der Waals surface area contributed by atoms with Gasteiger partial charge in [0.15, 0.2) is 23.9 Å². The van der Waals surface area contributed by atoms with Crippen LogP contribution in [0.3, 0.4) is 0 Å². The summed E-state index contributed by atoms with van der Waals surface area (Å²) in [6.07, 6.45) is 1.54. The summed E-state index contributed by atoms with van der Waals surface area (Å²) >= 11 is 8.29. The number of hydrogen-bond donors (Lipinski definition) is 1. The van der Waals surface area contributed by atoms with E-state index in [1.807, 2.05) is 37.3 Å². The number of benzene rings is 4. The molecular weight excluding hydrogens is 695 g/mol. The van der Waals surface area contributed by atoms with E-state index in [0.29, 0.717) is 60.2 Å². The Morgan fingerprint density at radius 3 is 2.66 bits per heavy atom. The smallest absolute Gasteiger partial charge is 0.282 e. The second-order valence-corrected chi connectivity index (χ2v) is 11.2. The zero-order valence-corrected chi connectivity index (χ0v) is 26.2. The van der Waals surface area contributed by atoms with Gasteiger partial charge in [0.05, 0.1) is 27.3 Å². The van der Waals surface area contributed by atoms with Crippen LogP contribution in [0.15, 0.2) is 105 Å². The molecule has 0 aliphatic carbocycles. The number of amides is 1. The van der Waals surface area contributed by atoms with Crippen molar-refractivity contribution in [2.75, 3.05) is 18.5 Å². The van der Waals surface area contributed by atoms with Crippen molar-refractivity contribution in [3.63, 3.8) is 0 Å². The number of halogens is 2. The number of anilines is 1. The summed E-state index contributed by atoms with van der Waals surface area (Å²) in [5.74, 6) is 1.17. The van der Waals surface area contributed by atoms with Gasteiger partial charge in [-0.25, -0.2) is 4.98 Å². The summed E-state index contributed by atoms with van der Waals surface area (Å²) in [6, 6.07) is 26.8. The minimum Gasteiger partial charge on any atom is -0.490 e. The standard InChI is InChI=1S/C33H24ClIN4O5/c1-2-42-28-15-20(14-25(35)31(28)43-19-30(40)37-23-8-4-3-5-9-23)18-36-39-32(38-26-11-7-6-10-24(26)33(39)41)29-17-21-16-22(34)12-13-27(21)44-29/h3-18H,2,19H2,1H3,(H,37,40). The fourth-order valence-electron chi connectivity index (χ4n) is 4.56. The van der Waals surface area contributed by atoms with Gasteiger partial charge in [-0.1, -0.05) is 41.9 Å². The normalized spacial score (nSPS) is 11.3. The average molecular weight is 719 g/mol. The minimum atomic E-state index is -0.357. The molecule has 44 heavy (non-hydrogen) atoms. The lowest BCUT2D eigenvalue weighted by Gasteiger charge is -2.14. The Morgan fingerprint density at radius 1 is 1.05 bits per heavy atom. The Hall–Kier alpha value is -4.68. The van der Waals surface area contributed by atoms with Crippen LogP contribution in [0.25, 0.3) is 33.5 Å². The lowest BCUT2D eigenvalue weighted by atomic mass is 10.2. The van der Waals surface area contributed by atoms with Gasteiger partial charge >= 0.3 is 0 Å². The number of hydrogen-bond acceptors (Lipinski definition) is 7. The van der Waals surface area contributed by atoms with Crippen LogP contribution in [0.2, 0.25) is 5.02 Å². The SMILES string of the molecule is CCOc1cc(C=Nn2c(-c3cc4cc(Cl)ccc4o3)nc3ccccc3c2=O)cc(I)c1OCC(=O)Nc1ccccc1. The third-order valence-electron chi connectivity index (χ3n) is 6.51. The number of para-hydroxylation sites is 2. The Bertz CT molecular complexity index is 2090. The summed E-state index contributed by atoms with van der Waals surface area (Å²) < 4.78 is 19.7. The zero-order chi connectivity index (χ0) is 30.6. The van der Waals surface area contributed by atoms with Crippen molar-refractivity contribution in [3.05, 3.63) is 116 Å². The fourth-order valence-corrected chi connectivity index (χ4v) is 5.52. The van der Waals surface area contributed by atoms with Crippen LogP contribution < -0.4 is 20.3 Å². The number of carbonyl (C=O) groups excluding carboxylic acids is 1. The van der Waals surface area contributed by atoms with Crippen molar-refractivity contribution >= 4 is 73.9 Å². The summed E-state index contributed by atoms with van der Waals surface area (Å²) in [5.41, 5.74) is 2.08. The second kappa shape index (κ2) is 12.9. The molecule has 0 saturated carbocycles. The minimum absolute atomic E-state index is 0.206. The fraction of sp³-hybridized carbons (Fsp3) is 0.0909. The number of nitrogens with zero attached hydrogens (tertiary/aromatic N) is 3. The molecule has 6 aromatic rings. The number of nitrogens with one attached hydrogen (secondary N) is 1. The monoisotopic (exact) mass is 718 g/mol. The lowest BCUT2D eigenvalue weighted by Crippen LogP contribution is -2.21. The molecule has 1 N–H and O–H groups in total. The number of furan rings is 1. The topological polar surface area (TPSA) is 108 Å². The van der Waals surface area contributed by atoms with Crippen LogP contribution >= 0.6 is 34.2 Å². The van der Waals surface area contributed by atoms with Gasteiger partial charge in [0, 0.05) is 16.1 Å². The molecule has 2 heterocycles. The third kappa shape index (κ3) is 6.31. The van der Waals surface area contributed by atoms with Crippen molar-refractivity contribution in [1.82, 2.24) is 9.66 Å². The molecule has 9 nitrogen and oxygen atoms in total. The molecule has 220 valence electrons. The number of carbonyl (C=O) groups is 1. The number of aromatic nitrogens is 2. The Kier molecular flexibility index (Phi) is 8.62. The van der Waals surface area contributed by atoms with Gasteiger partial charge in [-0.3, -0.25) is 9.59 Å². The maximum absolute atomic E-state index is 13.6. The van der Waals surface area contributed by atoms with Gasteiger partial charge in [-0.2, -0.15) is 9.78 Å². The van der Waals surface area contributed by atoms with Gasteiger partial charge in [-0.15, -0.1) is 0 Å². The van der Waals surface area contributed by atoms with Gasteiger partial charge in [0.1, 0.15) is 5.58 Å². The predicted octanol–water partition coefficient (Wildman–Crippen LogP) is 7.37. The molecule has 0 aliphatic heterocycles. The first-order valence-electron chi connectivity index (χ1n) is 13.6. The Balaban J connectivity index is 1.34. The van der Waals surface area contributed by atoms with E-state index in [1.54, 1.807) is 60.7 Å². The lowest BCUT2D eigenvalue weighted by molar-refractivity contribution is -0.118. The summed E-state index contributed by atoms with van der Waals surface area (Å²) in [7, 11) is 0. The highest BCUT2D eigenvalue weighted by atomic mass is 127. The largest absolute Gasteiger partial charge is 0.490 e. The van der Waals surface area contributed by atoms with Crippen LogP contribution in [-0.2, 0) is 4.79 Å². The Labute approximate surface area is 270 Å². The molecule has 0 atom stereocenters. The molecule has 0 saturated heterocycles. The molecule has 1 amide bonds. The van der Waals surface area contributed by atoms with Crippen LogP contribution in [0.4, 0.5) is 5.69 Å². The maximum atomic E-state index is 13.6. The van der Waals surface area contributed by atoms with Crippen LogP contribution in [0.1, 0.15) is 12.5 Å². The highest BCUT2D eigenvalue weighted by Crippen LogP contribution is 2.34. The van der Waals surface area contributed by atoms with Gasteiger partial charge in [-0.05, 0) is 95.7 Å². The predicted molar refractivity (Wildman–Crippen MR) is 180 cm³/mol. The molecule has 0 fully saturated rings. The van der Waals surface area contributed by atoms with Crippen molar-refractivity contribution in [2.45, 2.75) is 6.92 Å². The quantitative estimate of drug-likeness (QED) is 0.124. The third-order valence-corrected chi connectivity index (χ3v) is 7.55. The zero-order valence-electron chi connectivity index (χ0n) is 23.3. The van der Waals surface area contributed by atoms with Crippen LogP contribution in [0, 0.1) is 3.57 Å². The molecule has 4 aromatic carbocycles. The van der Waals surface area contributed by atoms with Crippen molar-refractivity contribution in [1.29, 1.82) is 0 Å². The first-order valence-corrected chi connectivity index (χ1v) is 15.0. The van der Waals surface area contributed by atoms with E-state index in [2.05, 4.69) is 33.0 Å². The van der Waals surface area contributed by atoms with E-state index >= 15 is 0 Å². The van der Waals surface area contributed by atoms with E-state index in [4.69, 9.17) is 30.5 Å².